The Morgan fingerprint density at radius 2 is 2.27 bits per heavy atom. The van der Waals surface area contributed by atoms with Crippen LogP contribution in [0.25, 0.3) is 0 Å². The number of rotatable bonds is 2. The van der Waals surface area contributed by atoms with Crippen molar-refractivity contribution in [2.24, 2.45) is 0 Å². The van der Waals surface area contributed by atoms with Gasteiger partial charge in [-0.3, -0.25) is 4.68 Å². The molecule has 0 aromatic carbocycles. The van der Waals surface area contributed by atoms with Crippen molar-refractivity contribution < 1.29 is 9.53 Å². The van der Waals surface area contributed by atoms with Crippen LogP contribution in [0.1, 0.15) is 42.2 Å². The number of carbonyl (C=O) groups is 1. The van der Waals surface area contributed by atoms with E-state index in [2.05, 4.69) is 25.8 Å². The summed E-state index contributed by atoms with van der Waals surface area (Å²) in [6.07, 6.45) is 4.76. The van der Waals surface area contributed by atoms with E-state index >= 15 is 0 Å². The van der Waals surface area contributed by atoms with Gasteiger partial charge >= 0.3 is 5.97 Å². The topological polar surface area (TPSA) is 44.1 Å². The standard InChI is InChI=1S/C10H13BrN2O2/c1-15-10(14)8-6-9(11)13(12-8)7-4-2-3-5-7/h6-7H,2-5H2,1H3. The molecule has 1 fully saturated rings. The van der Waals surface area contributed by atoms with Gasteiger partial charge in [-0.1, -0.05) is 12.8 Å². The van der Waals surface area contributed by atoms with E-state index in [4.69, 9.17) is 0 Å². The SMILES string of the molecule is COC(=O)c1cc(Br)n(C2CCCC2)n1. The first-order chi connectivity index (χ1) is 7.22. The van der Waals surface area contributed by atoms with Gasteiger partial charge < -0.3 is 4.74 Å². The average Bonchev–Trinajstić information content (AvgIpc) is 2.84. The summed E-state index contributed by atoms with van der Waals surface area (Å²) < 4.78 is 7.38. The second-order valence-electron chi connectivity index (χ2n) is 3.73. The fourth-order valence-electron chi connectivity index (χ4n) is 1.98. The molecule has 0 unspecified atom stereocenters. The summed E-state index contributed by atoms with van der Waals surface area (Å²) in [5.74, 6) is -0.382. The molecule has 1 aromatic rings. The summed E-state index contributed by atoms with van der Waals surface area (Å²) in [7, 11) is 1.37. The minimum atomic E-state index is -0.382. The average molecular weight is 273 g/mol. The van der Waals surface area contributed by atoms with Crippen LogP contribution in [0.15, 0.2) is 10.7 Å². The van der Waals surface area contributed by atoms with E-state index in [1.54, 1.807) is 6.07 Å². The smallest absolute Gasteiger partial charge is 0.358 e. The van der Waals surface area contributed by atoms with Crippen LogP contribution in [0.4, 0.5) is 0 Å². The van der Waals surface area contributed by atoms with Gasteiger partial charge in [-0.2, -0.15) is 5.10 Å². The van der Waals surface area contributed by atoms with Gasteiger partial charge in [0.2, 0.25) is 0 Å². The predicted molar refractivity (Wildman–Crippen MR) is 58.8 cm³/mol. The Hall–Kier alpha value is -0.840. The van der Waals surface area contributed by atoms with Crippen LogP contribution >= 0.6 is 15.9 Å². The molecule has 0 N–H and O–H groups in total. The molecule has 1 aromatic heterocycles. The van der Waals surface area contributed by atoms with Gasteiger partial charge in [-0.05, 0) is 28.8 Å². The molecule has 2 rings (SSSR count). The number of halogens is 1. The van der Waals surface area contributed by atoms with Crippen LogP contribution in [-0.2, 0) is 4.74 Å². The Bertz CT molecular complexity index is 369. The summed E-state index contributed by atoms with van der Waals surface area (Å²) in [4.78, 5) is 11.3. The molecule has 1 aliphatic carbocycles. The van der Waals surface area contributed by atoms with Crippen LogP contribution < -0.4 is 0 Å². The maximum atomic E-state index is 11.3. The van der Waals surface area contributed by atoms with Crippen molar-refractivity contribution in [2.45, 2.75) is 31.7 Å². The van der Waals surface area contributed by atoms with Crippen molar-refractivity contribution in [1.82, 2.24) is 9.78 Å². The molecule has 0 aliphatic heterocycles. The first kappa shape index (κ1) is 10.7. The largest absolute Gasteiger partial charge is 0.464 e. The lowest BCUT2D eigenvalue weighted by Gasteiger charge is -2.10. The van der Waals surface area contributed by atoms with E-state index in [1.165, 1.54) is 20.0 Å². The minimum Gasteiger partial charge on any atom is -0.464 e. The molecule has 1 saturated carbocycles. The lowest BCUT2D eigenvalue weighted by molar-refractivity contribution is 0.0592. The van der Waals surface area contributed by atoms with Crippen LogP contribution in [0.3, 0.4) is 0 Å². The Kier molecular flexibility index (Phi) is 3.09. The zero-order chi connectivity index (χ0) is 10.8. The van der Waals surface area contributed by atoms with E-state index in [1.807, 2.05) is 4.68 Å². The highest BCUT2D eigenvalue weighted by Gasteiger charge is 2.22. The summed E-state index contributed by atoms with van der Waals surface area (Å²) in [5.41, 5.74) is 0.372. The highest BCUT2D eigenvalue weighted by molar-refractivity contribution is 9.10. The van der Waals surface area contributed by atoms with Gasteiger partial charge in [-0.15, -0.1) is 0 Å². The van der Waals surface area contributed by atoms with E-state index in [9.17, 15) is 4.79 Å². The van der Waals surface area contributed by atoms with Crippen molar-refractivity contribution in [3.05, 3.63) is 16.4 Å². The molecule has 0 amide bonds. The summed E-state index contributed by atoms with van der Waals surface area (Å²) in [6.45, 7) is 0. The fourth-order valence-corrected chi connectivity index (χ4v) is 2.57. The molecule has 0 saturated heterocycles. The van der Waals surface area contributed by atoms with Gasteiger partial charge in [0.15, 0.2) is 5.69 Å². The first-order valence-corrected chi connectivity index (χ1v) is 5.85. The lowest BCUT2D eigenvalue weighted by Crippen LogP contribution is -2.09. The molecule has 1 aliphatic rings. The van der Waals surface area contributed by atoms with E-state index in [0.29, 0.717) is 11.7 Å². The number of carbonyl (C=O) groups excluding carboxylic acids is 1. The van der Waals surface area contributed by atoms with Crippen LogP contribution in [0, 0.1) is 0 Å². The number of hydrogen-bond donors (Lipinski definition) is 0. The molecule has 0 spiro atoms. The third kappa shape index (κ3) is 2.07. The first-order valence-electron chi connectivity index (χ1n) is 5.05. The highest BCUT2D eigenvalue weighted by Crippen LogP contribution is 2.31. The van der Waals surface area contributed by atoms with Crippen molar-refractivity contribution >= 4 is 21.9 Å². The lowest BCUT2D eigenvalue weighted by atomic mass is 10.3. The second-order valence-corrected chi connectivity index (χ2v) is 4.54. The molecular formula is C10H13BrN2O2. The highest BCUT2D eigenvalue weighted by atomic mass is 79.9. The maximum Gasteiger partial charge on any atom is 0.358 e. The summed E-state index contributed by atoms with van der Waals surface area (Å²) in [5, 5.41) is 4.26. The van der Waals surface area contributed by atoms with Crippen LogP contribution in [-0.4, -0.2) is 22.9 Å². The quantitative estimate of drug-likeness (QED) is 0.778. The molecule has 1 heterocycles. The van der Waals surface area contributed by atoms with E-state index < -0.39 is 0 Å². The molecular weight excluding hydrogens is 260 g/mol. The molecule has 82 valence electrons. The Morgan fingerprint density at radius 1 is 1.60 bits per heavy atom. The van der Waals surface area contributed by atoms with Gasteiger partial charge in [0.05, 0.1) is 13.2 Å². The number of ether oxygens (including phenoxy) is 1. The van der Waals surface area contributed by atoms with E-state index in [0.717, 1.165) is 17.4 Å². The van der Waals surface area contributed by atoms with Gasteiger partial charge in [-0.25, -0.2) is 4.79 Å². The number of methoxy groups -OCH3 is 1. The van der Waals surface area contributed by atoms with Crippen molar-refractivity contribution in [1.29, 1.82) is 0 Å². The Labute approximate surface area is 96.7 Å². The third-order valence-corrected chi connectivity index (χ3v) is 3.35. The van der Waals surface area contributed by atoms with E-state index in [-0.39, 0.29) is 5.97 Å². The normalized spacial score (nSPS) is 16.9. The monoisotopic (exact) mass is 272 g/mol. The zero-order valence-electron chi connectivity index (χ0n) is 8.57. The zero-order valence-corrected chi connectivity index (χ0v) is 10.2. The number of nitrogens with zero attached hydrogens (tertiary/aromatic N) is 2. The maximum absolute atomic E-state index is 11.3. The van der Waals surface area contributed by atoms with Gasteiger partial charge in [0.25, 0.3) is 0 Å². The molecule has 5 heteroatoms. The number of aromatic nitrogens is 2. The fraction of sp³-hybridized carbons (Fsp3) is 0.600. The predicted octanol–water partition coefficient (Wildman–Crippen LogP) is 2.55. The van der Waals surface area contributed by atoms with Gasteiger partial charge in [0, 0.05) is 6.07 Å². The molecule has 15 heavy (non-hydrogen) atoms. The van der Waals surface area contributed by atoms with Crippen LogP contribution in [0.2, 0.25) is 0 Å². The molecule has 0 bridgehead atoms. The van der Waals surface area contributed by atoms with Gasteiger partial charge in [0.1, 0.15) is 4.60 Å². The summed E-state index contributed by atoms with van der Waals surface area (Å²) >= 11 is 3.42. The summed E-state index contributed by atoms with van der Waals surface area (Å²) in [6, 6.07) is 2.14. The Morgan fingerprint density at radius 3 is 2.87 bits per heavy atom. The van der Waals surface area contributed by atoms with Crippen molar-refractivity contribution in [3.63, 3.8) is 0 Å². The molecule has 0 radical (unpaired) electrons. The minimum absolute atomic E-state index is 0.372. The Balaban J connectivity index is 2.24. The molecule has 0 atom stereocenters. The third-order valence-electron chi connectivity index (χ3n) is 2.76. The van der Waals surface area contributed by atoms with Crippen LogP contribution in [0.5, 0.6) is 0 Å². The molecule has 4 nitrogen and oxygen atoms in total. The van der Waals surface area contributed by atoms with Crippen molar-refractivity contribution in [2.75, 3.05) is 7.11 Å². The number of hydrogen-bond acceptors (Lipinski definition) is 3. The number of esters is 1. The van der Waals surface area contributed by atoms with Crippen molar-refractivity contribution in [3.8, 4) is 0 Å². The second kappa shape index (κ2) is 4.35.